The molecule has 0 atom stereocenters. The van der Waals surface area contributed by atoms with E-state index < -0.39 is 0 Å². The first-order chi connectivity index (χ1) is 13.1. The normalized spacial score (nSPS) is 10.8. The molecule has 7 heteroatoms. The molecule has 0 spiro atoms. The Kier molecular flexibility index (Phi) is 14.3. The summed E-state index contributed by atoms with van der Waals surface area (Å²) < 4.78 is 5.82. The van der Waals surface area contributed by atoms with Gasteiger partial charge in [0.25, 0.3) is 0 Å². The Morgan fingerprint density at radius 2 is 1.12 bits per heavy atom. The summed E-state index contributed by atoms with van der Waals surface area (Å²) in [5.74, 6) is 0.459. The average molecular weight is 551 g/mol. The van der Waals surface area contributed by atoms with Crippen molar-refractivity contribution in [3.05, 3.63) is 45.5 Å². The van der Waals surface area contributed by atoms with Crippen molar-refractivity contribution in [1.82, 2.24) is 0 Å². The van der Waals surface area contributed by atoms with Crippen LogP contribution < -0.4 is 42.0 Å². The summed E-state index contributed by atoms with van der Waals surface area (Å²) in [6.07, 6.45) is 0. The van der Waals surface area contributed by atoms with Crippen molar-refractivity contribution in [3.8, 4) is 22.6 Å². The molecule has 0 bridgehead atoms. The van der Waals surface area contributed by atoms with E-state index in [0.717, 1.165) is 44.5 Å². The van der Waals surface area contributed by atoms with Crippen LogP contribution in [0.5, 0.6) is 11.5 Å². The molecule has 3 nitrogen and oxygen atoms in total. The molecule has 2 aromatic carbocycles. The fraction of sp³-hybridized carbons (Fsp3) is 0.500. The topological polar surface area (TPSA) is 46.5 Å². The summed E-state index contributed by atoms with van der Waals surface area (Å²) in [4.78, 5) is 12.1. The number of hydrogen-bond acceptors (Lipinski definition) is 3. The molecule has 0 aromatic heterocycles. The van der Waals surface area contributed by atoms with Gasteiger partial charge in [0.1, 0.15) is 11.5 Å². The van der Waals surface area contributed by atoms with Gasteiger partial charge in [0.05, 0.1) is 0 Å². The largest absolute Gasteiger partial charge is 3.00 e. The zero-order valence-corrected chi connectivity index (χ0v) is 25.4. The van der Waals surface area contributed by atoms with Gasteiger partial charge >= 0.3 is 27.7 Å². The number of aromatic hydroxyl groups is 1. The maximum atomic E-state index is 12.1. The van der Waals surface area contributed by atoms with Gasteiger partial charge in [-0.15, -0.1) is 0 Å². The van der Waals surface area contributed by atoms with Crippen LogP contribution in [0.1, 0.15) is 81.8 Å². The summed E-state index contributed by atoms with van der Waals surface area (Å²) in [6, 6.07) is 4.17. The molecule has 0 aliphatic rings. The smallest absolute Gasteiger partial charge is 1.00 e. The Morgan fingerprint density at radius 1 is 0.758 bits per heavy atom. The standard InChI is InChI=1S/C26H36O3.3ClH.Ti/c1-14-12-19(25(6,7)8)23(28)21(16(14)3)22-17(4)15(2)13-20(26(9,10)11)24(22)29-18(5)27;;;;/h12-13,28H,1-11H3;3*1H;/q;;;;+3/p-3. The van der Waals surface area contributed by atoms with Gasteiger partial charge in [-0.25, -0.2) is 0 Å². The van der Waals surface area contributed by atoms with Crippen LogP contribution in [0.15, 0.2) is 12.1 Å². The number of phenolic OH excluding ortho intramolecular Hbond substituents is 1. The van der Waals surface area contributed by atoms with Gasteiger partial charge in [-0.1, -0.05) is 53.7 Å². The van der Waals surface area contributed by atoms with Crippen LogP contribution in [-0.4, -0.2) is 11.1 Å². The van der Waals surface area contributed by atoms with E-state index in [1.165, 1.54) is 6.92 Å². The van der Waals surface area contributed by atoms with Crippen molar-refractivity contribution in [2.75, 3.05) is 0 Å². The molecule has 2 rings (SSSR count). The van der Waals surface area contributed by atoms with Crippen molar-refractivity contribution in [3.63, 3.8) is 0 Å². The van der Waals surface area contributed by atoms with E-state index >= 15 is 0 Å². The molecular weight excluding hydrogens is 515 g/mol. The summed E-state index contributed by atoms with van der Waals surface area (Å²) >= 11 is 0. The molecule has 33 heavy (non-hydrogen) atoms. The van der Waals surface area contributed by atoms with Crippen LogP contribution in [-0.2, 0) is 37.3 Å². The fourth-order valence-corrected chi connectivity index (χ4v) is 3.78. The molecule has 0 heterocycles. The minimum Gasteiger partial charge on any atom is -1.00 e. The van der Waals surface area contributed by atoms with Crippen molar-refractivity contribution in [2.24, 2.45) is 0 Å². The number of carbonyl (C=O) groups excluding carboxylic acids is 1. The van der Waals surface area contributed by atoms with Crippen molar-refractivity contribution in [2.45, 2.75) is 87.0 Å². The van der Waals surface area contributed by atoms with E-state index in [2.05, 4.69) is 67.5 Å². The molecule has 0 unspecified atom stereocenters. The third-order valence-corrected chi connectivity index (χ3v) is 5.73. The Morgan fingerprint density at radius 3 is 1.48 bits per heavy atom. The van der Waals surface area contributed by atoms with E-state index in [1.807, 2.05) is 13.8 Å². The third-order valence-electron chi connectivity index (χ3n) is 5.73. The van der Waals surface area contributed by atoms with Crippen LogP contribution in [0.25, 0.3) is 11.1 Å². The molecule has 0 amide bonds. The van der Waals surface area contributed by atoms with Crippen LogP contribution >= 0.6 is 0 Å². The van der Waals surface area contributed by atoms with E-state index in [0.29, 0.717) is 5.75 Å². The molecular formula is C26H36Cl3O3Ti. The molecule has 0 fully saturated rings. The molecule has 1 N–H and O–H groups in total. The maximum absolute atomic E-state index is 12.1. The quantitative estimate of drug-likeness (QED) is 0.263. The van der Waals surface area contributed by atoms with Crippen molar-refractivity contribution in [1.29, 1.82) is 0 Å². The van der Waals surface area contributed by atoms with Crippen molar-refractivity contribution < 1.29 is 73.6 Å². The molecule has 183 valence electrons. The third kappa shape index (κ3) is 7.64. The Balaban J connectivity index is -0.00000225. The summed E-state index contributed by atoms with van der Waals surface area (Å²) in [7, 11) is 0. The maximum Gasteiger partial charge on any atom is 3.00 e. The molecule has 0 aliphatic carbocycles. The molecule has 1 radical (unpaired) electrons. The molecule has 2 aromatic rings. The monoisotopic (exact) mass is 549 g/mol. The van der Waals surface area contributed by atoms with Gasteiger partial charge in [0.15, 0.2) is 0 Å². The summed E-state index contributed by atoms with van der Waals surface area (Å²) in [5, 5.41) is 11.4. The fourth-order valence-electron chi connectivity index (χ4n) is 3.78. The van der Waals surface area contributed by atoms with E-state index in [1.54, 1.807) is 0 Å². The minimum atomic E-state index is -0.360. The van der Waals surface area contributed by atoms with Crippen LogP contribution in [0.3, 0.4) is 0 Å². The van der Waals surface area contributed by atoms with Gasteiger partial charge in [-0.05, 0) is 60.8 Å². The number of carbonyl (C=O) groups is 1. The number of benzene rings is 2. The zero-order chi connectivity index (χ0) is 22.5. The number of hydrogen-bond donors (Lipinski definition) is 1. The van der Waals surface area contributed by atoms with Gasteiger partial charge in [-0.2, -0.15) is 0 Å². The predicted molar refractivity (Wildman–Crippen MR) is 121 cm³/mol. The number of phenols is 1. The Hall–Kier alpha value is -0.706. The van der Waals surface area contributed by atoms with E-state index in [9.17, 15) is 9.90 Å². The van der Waals surface area contributed by atoms with E-state index in [4.69, 9.17) is 4.74 Å². The second-order valence-electron chi connectivity index (χ2n) is 10.3. The average Bonchev–Trinajstić information content (AvgIpc) is 2.54. The minimum absolute atomic E-state index is 0. The second-order valence-corrected chi connectivity index (χ2v) is 10.3. The summed E-state index contributed by atoms with van der Waals surface area (Å²) in [5.41, 5.74) is 7.21. The molecule has 0 saturated carbocycles. The van der Waals surface area contributed by atoms with E-state index in [-0.39, 0.29) is 81.5 Å². The number of rotatable bonds is 2. The van der Waals surface area contributed by atoms with Crippen LogP contribution in [0, 0.1) is 27.7 Å². The molecule has 0 aliphatic heterocycles. The van der Waals surface area contributed by atoms with Gasteiger partial charge in [-0.3, -0.25) is 4.79 Å². The van der Waals surface area contributed by atoms with Crippen LogP contribution in [0.2, 0.25) is 0 Å². The second kappa shape index (κ2) is 12.8. The first kappa shape index (κ1) is 36.9. The number of halogens is 3. The van der Waals surface area contributed by atoms with Gasteiger partial charge in [0.2, 0.25) is 0 Å². The van der Waals surface area contributed by atoms with Crippen molar-refractivity contribution >= 4 is 5.97 Å². The first-order valence-electron chi connectivity index (χ1n) is 10.2. The van der Waals surface area contributed by atoms with Gasteiger partial charge in [0, 0.05) is 29.2 Å². The number of aryl methyl sites for hydroxylation is 2. The SMILES string of the molecule is CC(=O)Oc1c(C(C)(C)C)cc(C)c(C)c1-c1c(C)c(C)cc(C(C)(C)C)c1O.[Cl-].[Cl-].[Cl-].[Ti+3]. The predicted octanol–water partition coefficient (Wildman–Crippen LogP) is -2.18. The summed E-state index contributed by atoms with van der Waals surface area (Å²) in [6.45, 7) is 22.2. The number of esters is 1. The van der Waals surface area contributed by atoms with Crippen LogP contribution in [0.4, 0.5) is 0 Å². The zero-order valence-electron chi connectivity index (χ0n) is 21.6. The Bertz CT molecular complexity index is 988. The first-order valence-corrected chi connectivity index (χ1v) is 10.2. The Labute approximate surface area is 233 Å². The number of ether oxygens (including phenoxy) is 1. The van der Waals surface area contributed by atoms with Gasteiger partial charge < -0.3 is 47.1 Å². The molecule has 0 saturated heterocycles.